The molecular formula is C12H8ClFN2O. The summed E-state index contributed by atoms with van der Waals surface area (Å²) in [5.74, 6) is -0.383. The average Bonchev–Trinajstić information content (AvgIpc) is 2.27. The summed E-state index contributed by atoms with van der Waals surface area (Å²) in [4.78, 5) is 18.6. The molecule has 1 heterocycles. The maximum Gasteiger partial charge on any atom is 0.155 e. The SMILES string of the molecule is Cc1cc(F)cc(-c2ncnc(Cl)c2C=O)c1. The first-order valence-electron chi connectivity index (χ1n) is 4.85. The summed E-state index contributed by atoms with van der Waals surface area (Å²) < 4.78 is 13.3. The van der Waals surface area contributed by atoms with E-state index in [-0.39, 0.29) is 16.5 Å². The highest BCUT2D eigenvalue weighted by Crippen LogP contribution is 2.25. The van der Waals surface area contributed by atoms with E-state index in [0.29, 0.717) is 17.5 Å². The van der Waals surface area contributed by atoms with Gasteiger partial charge in [0.25, 0.3) is 0 Å². The third-order valence-electron chi connectivity index (χ3n) is 2.27. The Bertz CT molecular complexity index is 566. The highest BCUT2D eigenvalue weighted by Gasteiger charge is 2.12. The third kappa shape index (κ3) is 2.31. The Labute approximate surface area is 102 Å². The number of carbonyl (C=O) groups is 1. The second-order valence-electron chi connectivity index (χ2n) is 3.56. The first-order valence-corrected chi connectivity index (χ1v) is 5.23. The fourth-order valence-electron chi connectivity index (χ4n) is 1.58. The summed E-state index contributed by atoms with van der Waals surface area (Å²) in [7, 11) is 0. The Balaban J connectivity index is 2.67. The number of halogens is 2. The minimum Gasteiger partial charge on any atom is -0.298 e. The molecule has 0 saturated heterocycles. The Kier molecular flexibility index (Phi) is 3.15. The summed E-state index contributed by atoms with van der Waals surface area (Å²) in [5, 5.41) is 0.0620. The molecule has 0 aliphatic carbocycles. The van der Waals surface area contributed by atoms with E-state index in [2.05, 4.69) is 9.97 Å². The molecule has 0 amide bonds. The molecule has 0 atom stereocenters. The van der Waals surface area contributed by atoms with Gasteiger partial charge in [0.15, 0.2) is 6.29 Å². The van der Waals surface area contributed by atoms with E-state index in [4.69, 9.17) is 11.6 Å². The normalized spacial score (nSPS) is 10.3. The lowest BCUT2D eigenvalue weighted by Gasteiger charge is -2.06. The minimum atomic E-state index is -0.383. The summed E-state index contributed by atoms with van der Waals surface area (Å²) in [6, 6.07) is 4.43. The predicted molar refractivity (Wildman–Crippen MR) is 62.6 cm³/mol. The molecule has 86 valence electrons. The van der Waals surface area contributed by atoms with Gasteiger partial charge in [-0.05, 0) is 30.7 Å². The summed E-state index contributed by atoms with van der Waals surface area (Å²) in [5.41, 5.74) is 1.75. The Morgan fingerprint density at radius 1 is 1.29 bits per heavy atom. The number of aryl methyl sites for hydroxylation is 1. The molecule has 2 aromatic rings. The zero-order valence-corrected chi connectivity index (χ0v) is 9.70. The zero-order chi connectivity index (χ0) is 12.4. The first kappa shape index (κ1) is 11.7. The molecule has 0 spiro atoms. The highest BCUT2D eigenvalue weighted by atomic mass is 35.5. The Hall–Kier alpha value is -1.81. The molecule has 0 aliphatic heterocycles. The number of hydrogen-bond donors (Lipinski definition) is 0. The molecule has 2 rings (SSSR count). The summed E-state index contributed by atoms with van der Waals surface area (Å²) in [6.45, 7) is 1.76. The Morgan fingerprint density at radius 3 is 2.71 bits per heavy atom. The van der Waals surface area contributed by atoms with E-state index in [1.54, 1.807) is 13.0 Å². The quantitative estimate of drug-likeness (QED) is 0.608. The van der Waals surface area contributed by atoms with Crippen LogP contribution in [0.15, 0.2) is 24.5 Å². The molecule has 0 unspecified atom stereocenters. The van der Waals surface area contributed by atoms with Crippen molar-refractivity contribution in [2.45, 2.75) is 6.92 Å². The molecule has 0 fully saturated rings. The van der Waals surface area contributed by atoms with Crippen LogP contribution in [-0.4, -0.2) is 16.3 Å². The van der Waals surface area contributed by atoms with Crippen LogP contribution < -0.4 is 0 Å². The molecule has 0 aliphatic rings. The smallest absolute Gasteiger partial charge is 0.155 e. The van der Waals surface area contributed by atoms with Gasteiger partial charge < -0.3 is 0 Å². The van der Waals surface area contributed by atoms with Crippen LogP contribution in [0.25, 0.3) is 11.3 Å². The maximum absolute atomic E-state index is 13.3. The second-order valence-corrected chi connectivity index (χ2v) is 3.92. The molecular weight excluding hydrogens is 243 g/mol. The van der Waals surface area contributed by atoms with E-state index in [0.717, 1.165) is 5.56 Å². The van der Waals surface area contributed by atoms with Crippen molar-refractivity contribution in [3.05, 3.63) is 46.6 Å². The molecule has 5 heteroatoms. The van der Waals surface area contributed by atoms with Crippen molar-refractivity contribution in [3.8, 4) is 11.3 Å². The van der Waals surface area contributed by atoms with Gasteiger partial charge in [-0.1, -0.05) is 11.6 Å². The van der Waals surface area contributed by atoms with Crippen molar-refractivity contribution >= 4 is 17.9 Å². The number of benzene rings is 1. The van der Waals surface area contributed by atoms with Crippen LogP contribution >= 0.6 is 11.6 Å². The largest absolute Gasteiger partial charge is 0.298 e. The maximum atomic E-state index is 13.3. The molecule has 0 saturated carbocycles. The van der Waals surface area contributed by atoms with Crippen molar-refractivity contribution in [2.24, 2.45) is 0 Å². The van der Waals surface area contributed by atoms with E-state index < -0.39 is 0 Å². The van der Waals surface area contributed by atoms with Gasteiger partial charge in [-0.2, -0.15) is 0 Å². The number of carbonyl (C=O) groups excluding carboxylic acids is 1. The standard InChI is InChI=1S/C12H8ClFN2O/c1-7-2-8(4-9(14)3-7)11-10(5-17)12(13)16-6-15-11/h2-6H,1H3. The highest BCUT2D eigenvalue weighted by molar-refractivity contribution is 6.32. The average molecular weight is 251 g/mol. The van der Waals surface area contributed by atoms with Gasteiger partial charge in [-0.15, -0.1) is 0 Å². The second kappa shape index (κ2) is 4.59. The van der Waals surface area contributed by atoms with E-state index >= 15 is 0 Å². The van der Waals surface area contributed by atoms with Gasteiger partial charge >= 0.3 is 0 Å². The van der Waals surface area contributed by atoms with E-state index in [9.17, 15) is 9.18 Å². The summed E-state index contributed by atoms with van der Waals surface area (Å²) in [6.07, 6.45) is 1.81. The molecule has 1 aromatic carbocycles. The van der Waals surface area contributed by atoms with Crippen LogP contribution in [0, 0.1) is 12.7 Å². The van der Waals surface area contributed by atoms with Crippen LogP contribution in [0.5, 0.6) is 0 Å². The number of hydrogen-bond acceptors (Lipinski definition) is 3. The van der Waals surface area contributed by atoms with Gasteiger partial charge in [-0.3, -0.25) is 4.79 Å². The van der Waals surface area contributed by atoms with Crippen LogP contribution in [0.4, 0.5) is 4.39 Å². The Morgan fingerprint density at radius 2 is 2.06 bits per heavy atom. The first-order chi connectivity index (χ1) is 8.11. The number of nitrogens with zero attached hydrogens (tertiary/aromatic N) is 2. The molecule has 1 aromatic heterocycles. The lowest BCUT2D eigenvalue weighted by Crippen LogP contribution is -1.96. The van der Waals surface area contributed by atoms with Crippen molar-refractivity contribution in [3.63, 3.8) is 0 Å². The van der Waals surface area contributed by atoms with Crippen molar-refractivity contribution < 1.29 is 9.18 Å². The van der Waals surface area contributed by atoms with Gasteiger partial charge in [0, 0.05) is 5.56 Å². The molecule has 0 radical (unpaired) electrons. The number of rotatable bonds is 2. The molecule has 0 bridgehead atoms. The van der Waals surface area contributed by atoms with Crippen molar-refractivity contribution in [2.75, 3.05) is 0 Å². The van der Waals surface area contributed by atoms with Gasteiger partial charge in [0.1, 0.15) is 17.3 Å². The zero-order valence-electron chi connectivity index (χ0n) is 8.95. The van der Waals surface area contributed by atoms with E-state index in [1.807, 2.05) is 0 Å². The molecule has 0 N–H and O–H groups in total. The molecule has 3 nitrogen and oxygen atoms in total. The summed E-state index contributed by atoms with van der Waals surface area (Å²) >= 11 is 5.78. The fraction of sp³-hybridized carbons (Fsp3) is 0.0833. The van der Waals surface area contributed by atoms with Crippen LogP contribution in [0.2, 0.25) is 5.15 Å². The van der Waals surface area contributed by atoms with Gasteiger partial charge in [0.2, 0.25) is 0 Å². The third-order valence-corrected chi connectivity index (χ3v) is 2.57. The van der Waals surface area contributed by atoms with Crippen molar-refractivity contribution in [1.82, 2.24) is 9.97 Å². The topological polar surface area (TPSA) is 42.9 Å². The predicted octanol–water partition coefficient (Wildman–Crippen LogP) is 3.06. The molecule has 17 heavy (non-hydrogen) atoms. The lowest BCUT2D eigenvalue weighted by molar-refractivity contribution is 0.112. The number of aldehydes is 1. The van der Waals surface area contributed by atoms with Crippen LogP contribution in [0.3, 0.4) is 0 Å². The van der Waals surface area contributed by atoms with E-state index in [1.165, 1.54) is 18.5 Å². The van der Waals surface area contributed by atoms with Crippen molar-refractivity contribution in [1.29, 1.82) is 0 Å². The monoisotopic (exact) mass is 250 g/mol. The van der Waals surface area contributed by atoms with Gasteiger partial charge in [-0.25, -0.2) is 14.4 Å². The lowest BCUT2D eigenvalue weighted by atomic mass is 10.1. The van der Waals surface area contributed by atoms with Crippen LogP contribution in [0.1, 0.15) is 15.9 Å². The van der Waals surface area contributed by atoms with Crippen LogP contribution in [-0.2, 0) is 0 Å². The minimum absolute atomic E-state index is 0.0620. The fourth-order valence-corrected chi connectivity index (χ4v) is 1.76. The van der Waals surface area contributed by atoms with Gasteiger partial charge in [0.05, 0.1) is 11.3 Å². The number of aromatic nitrogens is 2.